The van der Waals surface area contributed by atoms with Gasteiger partial charge in [0.05, 0.1) is 10.4 Å². The fourth-order valence-corrected chi connectivity index (χ4v) is 5.86. The van der Waals surface area contributed by atoms with E-state index in [4.69, 9.17) is 18.0 Å². The van der Waals surface area contributed by atoms with Crippen LogP contribution in [0.2, 0.25) is 0 Å². The number of hydrogen-bond donors (Lipinski definition) is 2. The predicted molar refractivity (Wildman–Crippen MR) is 93.5 cm³/mol. The van der Waals surface area contributed by atoms with Crippen LogP contribution in [0, 0.1) is 5.41 Å². The molecule has 0 aromatic rings. The number of carbonyl (C=O) groups excluding carboxylic acids is 1. The molecule has 1 aliphatic heterocycles. The SMILES string of the molecule is NC(=S)C1(C(=O)NCC2CSCCS2)CCCCCC1. The molecular formula is C14H24N2OS3. The Morgan fingerprint density at radius 2 is 1.95 bits per heavy atom. The monoisotopic (exact) mass is 332 g/mol. The van der Waals surface area contributed by atoms with Gasteiger partial charge in [0, 0.05) is 29.1 Å². The number of nitrogens with two attached hydrogens (primary N) is 1. The Morgan fingerprint density at radius 1 is 1.25 bits per heavy atom. The first kappa shape index (κ1) is 16.4. The molecule has 1 saturated carbocycles. The minimum absolute atomic E-state index is 0.0723. The molecule has 2 aliphatic rings. The van der Waals surface area contributed by atoms with Crippen LogP contribution in [-0.2, 0) is 4.79 Å². The van der Waals surface area contributed by atoms with Crippen LogP contribution < -0.4 is 11.1 Å². The number of rotatable bonds is 4. The van der Waals surface area contributed by atoms with Gasteiger partial charge in [0.15, 0.2) is 0 Å². The number of carbonyl (C=O) groups is 1. The van der Waals surface area contributed by atoms with Crippen LogP contribution in [0.1, 0.15) is 38.5 Å². The van der Waals surface area contributed by atoms with Crippen LogP contribution in [0.4, 0.5) is 0 Å². The zero-order valence-electron chi connectivity index (χ0n) is 11.9. The van der Waals surface area contributed by atoms with Gasteiger partial charge in [0.1, 0.15) is 0 Å². The van der Waals surface area contributed by atoms with E-state index in [0.717, 1.165) is 38.0 Å². The third kappa shape index (κ3) is 4.04. The molecule has 1 saturated heterocycles. The highest BCUT2D eigenvalue weighted by molar-refractivity contribution is 8.06. The first-order valence-electron chi connectivity index (χ1n) is 7.43. The van der Waals surface area contributed by atoms with Crippen molar-refractivity contribution in [3.8, 4) is 0 Å². The van der Waals surface area contributed by atoms with Gasteiger partial charge >= 0.3 is 0 Å². The Labute approximate surface area is 135 Å². The molecule has 3 nitrogen and oxygen atoms in total. The molecule has 1 heterocycles. The second-order valence-electron chi connectivity index (χ2n) is 5.64. The van der Waals surface area contributed by atoms with Crippen LogP contribution in [0.3, 0.4) is 0 Å². The Bertz CT molecular complexity index is 348. The van der Waals surface area contributed by atoms with Gasteiger partial charge in [0.25, 0.3) is 0 Å². The quantitative estimate of drug-likeness (QED) is 0.612. The van der Waals surface area contributed by atoms with Gasteiger partial charge in [-0.1, -0.05) is 37.9 Å². The summed E-state index contributed by atoms with van der Waals surface area (Å²) in [5.41, 5.74) is 5.36. The summed E-state index contributed by atoms with van der Waals surface area (Å²) in [4.78, 5) is 13.1. The lowest BCUT2D eigenvalue weighted by molar-refractivity contribution is -0.128. The topological polar surface area (TPSA) is 55.1 Å². The third-order valence-electron chi connectivity index (χ3n) is 4.24. The summed E-state index contributed by atoms with van der Waals surface area (Å²) in [7, 11) is 0. The third-order valence-corrected chi connectivity index (χ3v) is 7.47. The maximum Gasteiger partial charge on any atom is 0.233 e. The van der Waals surface area contributed by atoms with Crippen molar-refractivity contribution >= 4 is 46.6 Å². The van der Waals surface area contributed by atoms with Crippen molar-refractivity contribution in [2.45, 2.75) is 43.8 Å². The molecule has 0 aromatic carbocycles. The van der Waals surface area contributed by atoms with Gasteiger partial charge in [-0.15, -0.1) is 0 Å². The summed E-state index contributed by atoms with van der Waals surface area (Å²) >= 11 is 9.18. The first-order valence-corrected chi connectivity index (χ1v) is 10.0. The maximum atomic E-state index is 12.7. The molecule has 1 aliphatic carbocycles. The van der Waals surface area contributed by atoms with Crippen molar-refractivity contribution in [3.05, 3.63) is 0 Å². The number of amides is 1. The summed E-state index contributed by atoms with van der Waals surface area (Å²) < 4.78 is 0. The van der Waals surface area contributed by atoms with Crippen molar-refractivity contribution in [2.24, 2.45) is 11.1 Å². The molecule has 1 unspecified atom stereocenters. The number of thiocarbonyl (C=S) groups is 1. The fraction of sp³-hybridized carbons (Fsp3) is 0.857. The molecule has 2 fully saturated rings. The summed E-state index contributed by atoms with van der Waals surface area (Å²) in [6, 6.07) is 0. The predicted octanol–water partition coefficient (Wildman–Crippen LogP) is 2.58. The largest absolute Gasteiger partial charge is 0.392 e. The van der Waals surface area contributed by atoms with Crippen molar-refractivity contribution in [2.75, 3.05) is 23.8 Å². The van der Waals surface area contributed by atoms with Gasteiger partial charge in [0.2, 0.25) is 5.91 Å². The Hall–Kier alpha value is 0.0600. The lowest BCUT2D eigenvalue weighted by atomic mass is 9.79. The standard InChI is InChI=1S/C14H24N2OS3/c15-12(18)14(5-3-1-2-4-6-14)13(17)16-9-11-10-19-7-8-20-11/h11H,1-10H2,(H2,15,18)(H,16,17). The Balaban J connectivity index is 1.94. The highest BCUT2D eigenvalue weighted by atomic mass is 32.2. The summed E-state index contributed by atoms with van der Waals surface area (Å²) in [6.07, 6.45) is 6.12. The molecule has 20 heavy (non-hydrogen) atoms. The maximum absolute atomic E-state index is 12.7. The van der Waals surface area contributed by atoms with Crippen LogP contribution >= 0.6 is 35.7 Å². The number of thioether (sulfide) groups is 2. The molecule has 0 aromatic heterocycles. The van der Waals surface area contributed by atoms with E-state index >= 15 is 0 Å². The lowest BCUT2D eigenvalue weighted by Gasteiger charge is -2.31. The molecule has 0 bridgehead atoms. The molecule has 3 N–H and O–H groups in total. The number of nitrogens with one attached hydrogen (secondary N) is 1. The van der Waals surface area contributed by atoms with E-state index in [0.29, 0.717) is 10.2 Å². The Morgan fingerprint density at radius 3 is 2.50 bits per heavy atom. The molecule has 114 valence electrons. The van der Waals surface area contributed by atoms with E-state index in [1.165, 1.54) is 24.3 Å². The van der Waals surface area contributed by atoms with E-state index in [1.54, 1.807) is 0 Å². The van der Waals surface area contributed by atoms with E-state index in [2.05, 4.69) is 5.32 Å². The second-order valence-corrected chi connectivity index (χ2v) is 8.64. The normalized spacial score (nSPS) is 26.5. The van der Waals surface area contributed by atoms with Crippen molar-refractivity contribution in [3.63, 3.8) is 0 Å². The average molecular weight is 333 g/mol. The second kappa shape index (κ2) is 7.90. The van der Waals surface area contributed by atoms with Crippen molar-refractivity contribution in [1.29, 1.82) is 0 Å². The minimum atomic E-state index is -0.585. The van der Waals surface area contributed by atoms with Crippen molar-refractivity contribution < 1.29 is 4.79 Å². The average Bonchev–Trinajstić information content (AvgIpc) is 2.72. The molecule has 6 heteroatoms. The van der Waals surface area contributed by atoms with E-state index in [-0.39, 0.29) is 5.91 Å². The summed E-state index contributed by atoms with van der Waals surface area (Å²) in [6.45, 7) is 0.751. The molecular weight excluding hydrogens is 308 g/mol. The minimum Gasteiger partial charge on any atom is -0.392 e. The van der Waals surface area contributed by atoms with Crippen LogP contribution in [0.5, 0.6) is 0 Å². The molecule has 1 atom stereocenters. The fourth-order valence-electron chi connectivity index (χ4n) is 2.95. The highest BCUT2D eigenvalue weighted by Gasteiger charge is 2.41. The lowest BCUT2D eigenvalue weighted by Crippen LogP contribution is -2.50. The molecule has 0 radical (unpaired) electrons. The van der Waals surface area contributed by atoms with Gasteiger partial charge in [-0.05, 0) is 12.8 Å². The van der Waals surface area contributed by atoms with Crippen LogP contribution in [0.15, 0.2) is 0 Å². The van der Waals surface area contributed by atoms with Crippen molar-refractivity contribution in [1.82, 2.24) is 5.32 Å². The highest BCUT2D eigenvalue weighted by Crippen LogP contribution is 2.36. The van der Waals surface area contributed by atoms with E-state index in [1.807, 2.05) is 23.5 Å². The molecule has 1 amide bonds. The summed E-state index contributed by atoms with van der Waals surface area (Å²) in [5.74, 6) is 3.62. The first-order chi connectivity index (χ1) is 9.65. The van der Waals surface area contributed by atoms with Crippen LogP contribution in [0.25, 0.3) is 0 Å². The zero-order valence-corrected chi connectivity index (χ0v) is 14.3. The Kier molecular flexibility index (Phi) is 6.49. The number of hydrogen-bond acceptors (Lipinski definition) is 4. The van der Waals surface area contributed by atoms with Gasteiger partial charge in [-0.3, -0.25) is 4.79 Å². The van der Waals surface area contributed by atoms with Gasteiger partial charge in [-0.2, -0.15) is 23.5 Å². The van der Waals surface area contributed by atoms with E-state index in [9.17, 15) is 4.79 Å². The molecule has 0 spiro atoms. The van der Waals surface area contributed by atoms with Crippen LogP contribution in [-0.4, -0.2) is 39.9 Å². The van der Waals surface area contributed by atoms with Gasteiger partial charge < -0.3 is 11.1 Å². The smallest absolute Gasteiger partial charge is 0.233 e. The summed E-state index contributed by atoms with van der Waals surface area (Å²) in [5, 5.41) is 3.67. The molecule has 2 rings (SSSR count). The van der Waals surface area contributed by atoms with Gasteiger partial charge in [-0.25, -0.2) is 0 Å². The zero-order chi connectivity index (χ0) is 14.4. The van der Waals surface area contributed by atoms with E-state index < -0.39 is 5.41 Å².